The molecule has 1 aliphatic rings. The predicted octanol–water partition coefficient (Wildman–Crippen LogP) is 2.10. The summed E-state index contributed by atoms with van der Waals surface area (Å²) in [6.07, 6.45) is 5.92. The third-order valence-corrected chi connectivity index (χ3v) is 4.73. The monoisotopic (exact) mass is 369 g/mol. The van der Waals surface area contributed by atoms with Gasteiger partial charge < -0.3 is 19.9 Å². The molecule has 1 fully saturated rings. The molecule has 0 bridgehead atoms. The summed E-state index contributed by atoms with van der Waals surface area (Å²) < 4.78 is 21.0. The summed E-state index contributed by atoms with van der Waals surface area (Å²) in [5, 5.41) is 0.961. The molecule has 140 valence electrons. The Morgan fingerprint density at radius 2 is 1.96 bits per heavy atom. The molecule has 27 heavy (non-hydrogen) atoms. The molecule has 0 atom stereocenters. The Hall–Kier alpha value is -3.16. The number of nitrogens with two attached hydrogens (primary N) is 1. The molecule has 3 aromatic rings. The molecule has 1 aliphatic heterocycles. The second-order valence-electron chi connectivity index (χ2n) is 6.60. The van der Waals surface area contributed by atoms with E-state index in [0.29, 0.717) is 5.95 Å². The van der Waals surface area contributed by atoms with E-state index in [2.05, 4.69) is 9.97 Å². The molecule has 7 nitrogen and oxygen atoms in total. The van der Waals surface area contributed by atoms with E-state index in [1.165, 1.54) is 12.4 Å². The SMILES string of the molecule is NC(=O)Cn1ccc2c(OC3CCN(c4ncc(F)cn4)CC3)cccc21. The van der Waals surface area contributed by atoms with Crippen molar-refractivity contribution >= 4 is 22.8 Å². The molecule has 8 heteroatoms. The first kappa shape index (κ1) is 17.3. The second-order valence-corrected chi connectivity index (χ2v) is 6.60. The molecule has 0 unspecified atom stereocenters. The van der Waals surface area contributed by atoms with Crippen molar-refractivity contribution in [3.63, 3.8) is 0 Å². The van der Waals surface area contributed by atoms with Gasteiger partial charge in [-0.3, -0.25) is 4.79 Å². The molecule has 2 N–H and O–H groups in total. The number of ether oxygens (including phenoxy) is 1. The van der Waals surface area contributed by atoms with Crippen LogP contribution in [0.5, 0.6) is 5.75 Å². The topological polar surface area (TPSA) is 86.3 Å². The standard InChI is InChI=1S/C19H20FN5O2/c20-13-10-22-19(23-11-13)24-7-4-14(5-8-24)27-17-3-1-2-16-15(17)6-9-25(16)12-18(21)26/h1-3,6,9-11,14H,4-5,7-8,12H2,(H2,21,26). The van der Waals surface area contributed by atoms with Crippen LogP contribution in [-0.2, 0) is 11.3 Å². The largest absolute Gasteiger partial charge is 0.490 e. The number of primary amides is 1. The zero-order chi connectivity index (χ0) is 18.8. The number of benzene rings is 1. The lowest BCUT2D eigenvalue weighted by atomic mass is 10.1. The van der Waals surface area contributed by atoms with Crippen LogP contribution in [0.4, 0.5) is 10.3 Å². The number of hydrogen-bond donors (Lipinski definition) is 1. The summed E-state index contributed by atoms with van der Waals surface area (Å²) in [4.78, 5) is 21.3. The Kier molecular flexibility index (Phi) is 4.62. The molecule has 0 spiro atoms. The number of aromatic nitrogens is 3. The lowest BCUT2D eigenvalue weighted by Gasteiger charge is -2.32. The van der Waals surface area contributed by atoms with Crippen molar-refractivity contribution in [2.75, 3.05) is 18.0 Å². The maximum Gasteiger partial charge on any atom is 0.237 e. The average Bonchev–Trinajstić information content (AvgIpc) is 3.06. The maximum absolute atomic E-state index is 13.0. The van der Waals surface area contributed by atoms with Crippen LogP contribution in [0.3, 0.4) is 0 Å². The quantitative estimate of drug-likeness (QED) is 0.744. The molecule has 1 saturated heterocycles. The fraction of sp³-hybridized carbons (Fsp3) is 0.316. The average molecular weight is 369 g/mol. The first-order chi connectivity index (χ1) is 13.1. The number of nitrogens with zero attached hydrogens (tertiary/aromatic N) is 4. The van der Waals surface area contributed by atoms with Gasteiger partial charge in [-0.25, -0.2) is 14.4 Å². The van der Waals surface area contributed by atoms with Gasteiger partial charge in [-0.15, -0.1) is 0 Å². The van der Waals surface area contributed by atoms with Gasteiger partial charge in [0.15, 0.2) is 5.82 Å². The van der Waals surface area contributed by atoms with Crippen molar-refractivity contribution in [3.8, 4) is 5.75 Å². The Bertz CT molecular complexity index is 948. The van der Waals surface area contributed by atoms with E-state index < -0.39 is 5.82 Å². The van der Waals surface area contributed by atoms with Gasteiger partial charge in [0.25, 0.3) is 0 Å². The Morgan fingerprint density at radius 3 is 2.67 bits per heavy atom. The summed E-state index contributed by atoms with van der Waals surface area (Å²) in [6.45, 7) is 1.63. The van der Waals surface area contributed by atoms with E-state index in [4.69, 9.17) is 10.5 Å². The number of carbonyl (C=O) groups is 1. The number of halogens is 1. The van der Waals surface area contributed by atoms with Crippen LogP contribution in [0.2, 0.25) is 0 Å². The predicted molar refractivity (Wildman–Crippen MR) is 99.0 cm³/mol. The zero-order valence-electron chi connectivity index (χ0n) is 14.7. The smallest absolute Gasteiger partial charge is 0.237 e. The molecule has 0 aliphatic carbocycles. The van der Waals surface area contributed by atoms with Gasteiger partial charge in [0.2, 0.25) is 11.9 Å². The van der Waals surface area contributed by atoms with Crippen molar-refractivity contribution in [2.45, 2.75) is 25.5 Å². The van der Waals surface area contributed by atoms with Crippen molar-refractivity contribution in [2.24, 2.45) is 5.73 Å². The molecule has 0 radical (unpaired) electrons. The van der Waals surface area contributed by atoms with Gasteiger partial charge in [0.1, 0.15) is 18.4 Å². The fourth-order valence-corrected chi connectivity index (χ4v) is 3.43. The highest BCUT2D eigenvalue weighted by Gasteiger charge is 2.23. The number of hydrogen-bond acceptors (Lipinski definition) is 5. The highest BCUT2D eigenvalue weighted by Crippen LogP contribution is 2.29. The highest BCUT2D eigenvalue weighted by atomic mass is 19.1. The van der Waals surface area contributed by atoms with Crippen LogP contribution in [0.25, 0.3) is 10.9 Å². The van der Waals surface area contributed by atoms with Crippen LogP contribution >= 0.6 is 0 Å². The third kappa shape index (κ3) is 3.69. The lowest BCUT2D eigenvalue weighted by molar-refractivity contribution is -0.118. The maximum atomic E-state index is 13.0. The lowest BCUT2D eigenvalue weighted by Crippen LogP contribution is -2.39. The van der Waals surface area contributed by atoms with Crippen LogP contribution in [0.15, 0.2) is 42.9 Å². The van der Waals surface area contributed by atoms with Crippen molar-refractivity contribution in [1.82, 2.24) is 14.5 Å². The summed E-state index contributed by atoms with van der Waals surface area (Å²) in [5.41, 5.74) is 6.22. The van der Waals surface area contributed by atoms with Crippen LogP contribution < -0.4 is 15.4 Å². The molecule has 2 aromatic heterocycles. The van der Waals surface area contributed by atoms with E-state index in [9.17, 15) is 9.18 Å². The number of anilines is 1. The Morgan fingerprint density at radius 1 is 1.22 bits per heavy atom. The van der Waals surface area contributed by atoms with Crippen molar-refractivity contribution in [1.29, 1.82) is 0 Å². The minimum absolute atomic E-state index is 0.0757. The Labute approximate surface area is 155 Å². The minimum atomic E-state index is -0.437. The van der Waals surface area contributed by atoms with Crippen molar-refractivity contribution in [3.05, 3.63) is 48.7 Å². The van der Waals surface area contributed by atoms with Gasteiger partial charge in [-0.1, -0.05) is 6.07 Å². The Balaban J connectivity index is 1.44. The number of rotatable bonds is 5. The number of carbonyl (C=O) groups excluding carboxylic acids is 1. The highest BCUT2D eigenvalue weighted by molar-refractivity contribution is 5.87. The van der Waals surface area contributed by atoms with E-state index in [-0.39, 0.29) is 18.6 Å². The molecular weight excluding hydrogens is 349 g/mol. The summed E-state index contributed by atoms with van der Waals surface area (Å²) >= 11 is 0. The van der Waals surface area contributed by atoms with Crippen LogP contribution in [0.1, 0.15) is 12.8 Å². The van der Waals surface area contributed by atoms with Gasteiger partial charge in [-0.05, 0) is 18.2 Å². The molecular formula is C19H20FN5O2. The first-order valence-electron chi connectivity index (χ1n) is 8.85. The minimum Gasteiger partial charge on any atom is -0.490 e. The fourth-order valence-electron chi connectivity index (χ4n) is 3.43. The van der Waals surface area contributed by atoms with E-state index in [1.807, 2.05) is 39.9 Å². The molecule has 1 amide bonds. The number of fused-ring (bicyclic) bond motifs is 1. The zero-order valence-corrected chi connectivity index (χ0v) is 14.7. The van der Waals surface area contributed by atoms with E-state index in [0.717, 1.165) is 42.6 Å². The summed E-state index contributed by atoms with van der Waals surface area (Å²) in [7, 11) is 0. The van der Waals surface area contributed by atoms with Gasteiger partial charge >= 0.3 is 0 Å². The van der Waals surface area contributed by atoms with Crippen molar-refractivity contribution < 1.29 is 13.9 Å². The number of piperidine rings is 1. The third-order valence-electron chi connectivity index (χ3n) is 4.73. The summed E-state index contributed by atoms with van der Waals surface area (Å²) in [6, 6.07) is 7.73. The van der Waals surface area contributed by atoms with Gasteiger partial charge in [-0.2, -0.15) is 0 Å². The van der Waals surface area contributed by atoms with Gasteiger partial charge in [0, 0.05) is 37.5 Å². The van der Waals surface area contributed by atoms with E-state index >= 15 is 0 Å². The summed E-state index contributed by atoms with van der Waals surface area (Å²) in [5.74, 6) is 0.523. The number of amides is 1. The van der Waals surface area contributed by atoms with Gasteiger partial charge in [0.05, 0.1) is 17.9 Å². The molecule has 4 rings (SSSR count). The van der Waals surface area contributed by atoms with Crippen LogP contribution in [0, 0.1) is 5.82 Å². The van der Waals surface area contributed by atoms with E-state index in [1.54, 1.807) is 0 Å². The first-order valence-corrected chi connectivity index (χ1v) is 8.85. The molecule has 0 saturated carbocycles. The van der Waals surface area contributed by atoms with Crippen LogP contribution in [-0.4, -0.2) is 39.6 Å². The normalized spacial score (nSPS) is 15.2. The molecule has 3 heterocycles. The molecule has 1 aromatic carbocycles. The second kappa shape index (κ2) is 7.22.